The highest BCUT2D eigenvalue weighted by Gasteiger charge is 2.32. The normalized spacial score (nSPS) is 18.6. The Morgan fingerprint density at radius 3 is 2.94 bits per heavy atom. The number of carbonyl (C=O) groups excluding carboxylic acids is 1. The number of halogens is 2. The smallest absolute Gasteiger partial charge is 0.258 e. The summed E-state index contributed by atoms with van der Waals surface area (Å²) in [5.74, 6) is -0.319. The third kappa shape index (κ3) is 3.71. The van der Waals surface area contributed by atoms with E-state index in [0.717, 1.165) is 60.6 Å². The van der Waals surface area contributed by atoms with E-state index in [2.05, 4.69) is 15.4 Å². The molecule has 2 aliphatic heterocycles. The van der Waals surface area contributed by atoms with Gasteiger partial charge in [-0.2, -0.15) is 5.10 Å². The lowest BCUT2D eigenvalue weighted by Crippen LogP contribution is -2.27. The van der Waals surface area contributed by atoms with E-state index in [1.54, 1.807) is 9.42 Å². The van der Waals surface area contributed by atoms with E-state index >= 15 is 0 Å². The summed E-state index contributed by atoms with van der Waals surface area (Å²) in [6, 6.07) is 4.13. The van der Waals surface area contributed by atoms with Gasteiger partial charge in [0.2, 0.25) is 0 Å². The average Bonchev–Trinajstić information content (AvgIpc) is 3.22. The first-order valence-electron chi connectivity index (χ1n) is 10.9. The first kappa shape index (κ1) is 21.2. The summed E-state index contributed by atoms with van der Waals surface area (Å²) in [4.78, 5) is 19.7. The summed E-state index contributed by atoms with van der Waals surface area (Å²) < 4.78 is 21.9. The van der Waals surface area contributed by atoms with Crippen molar-refractivity contribution in [3.8, 4) is 5.75 Å². The van der Waals surface area contributed by atoms with Crippen LogP contribution in [0.25, 0.3) is 5.65 Å². The molecule has 1 unspecified atom stereocenters. The number of nitrogens with one attached hydrogen (secondary N) is 1. The first-order chi connectivity index (χ1) is 15.4. The molecule has 3 aromatic rings. The predicted octanol–water partition coefficient (Wildman–Crippen LogP) is 3.82. The van der Waals surface area contributed by atoms with Crippen molar-refractivity contribution < 1.29 is 13.9 Å². The van der Waals surface area contributed by atoms with E-state index in [-0.39, 0.29) is 12.0 Å². The molecule has 0 spiro atoms. The van der Waals surface area contributed by atoms with E-state index in [9.17, 15) is 9.18 Å². The van der Waals surface area contributed by atoms with Crippen molar-refractivity contribution in [3.63, 3.8) is 0 Å². The van der Waals surface area contributed by atoms with Crippen LogP contribution in [0.15, 0.2) is 18.2 Å². The maximum Gasteiger partial charge on any atom is 0.258 e. The van der Waals surface area contributed by atoms with Gasteiger partial charge in [-0.25, -0.2) is 13.9 Å². The van der Waals surface area contributed by atoms with Crippen molar-refractivity contribution in [2.24, 2.45) is 0 Å². The molecule has 2 aliphatic rings. The molecule has 0 radical (unpaired) electrons. The van der Waals surface area contributed by atoms with Crippen LogP contribution in [0.1, 0.15) is 52.3 Å². The number of fused-ring (bicyclic) bond motifs is 3. The van der Waals surface area contributed by atoms with Crippen LogP contribution >= 0.6 is 11.6 Å². The third-order valence-electron chi connectivity index (χ3n) is 6.23. The van der Waals surface area contributed by atoms with Crippen molar-refractivity contribution in [1.29, 1.82) is 0 Å². The van der Waals surface area contributed by atoms with Crippen LogP contribution in [0.4, 0.5) is 4.39 Å². The van der Waals surface area contributed by atoms with Crippen molar-refractivity contribution in [2.45, 2.75) is 52.3 Å². The summed E-state index contributed by atoms with van der Waals surface area (Å²) in [6.07, 6.45) is 2.64. The number of rotatable bonds is 3. The Hall–Kier alpha value is -2.71. The summed E-state index contributed by atoms with van der Waals surface area (Å²) >= 11 is 6.32. The molecule has 32 heavy (non-hydrogen) atoms. The molecule has 4 heterocycles. The summed E-state index contributed by atoms with van der Waals surface area (Å²) in [7, 11) is 0. The third-order valence-corrected chi connectivity index (χ3v) is 6.78. The van der Waals surface area contributed by atoms with Crippen LogP contribution in [-0.4, -0.2) is 44.6 Å². The van der Waals surface area contributed by atoms with Crippen LogP contribution in [0.3, 0.4) is 0 Å². The fourth-order valence-corrected chi connectivity index (χ4v) is 4.60. The minimum absolute atomic E-state index is 0.0433. The Bertz CT molecular complexity index is 1200. The number of aryl methyl sites for hydroxylation is 2. The first-order valence-corrected chi connectivity index (χ1v) is 11.3. The van der Waals surface area contributed by atoms with E-state index in [1.807, 2.05) is 13.8 Å². The zero-order valence-electron chi connectivity index (χ0n) is 18.1. The van der Waals surface area contributed by atoms with E-state index in [1.165, 1.54) is 18.2 Å². The summed E-state index contributed by atoms with van der Waals surface area (Å²) in [5, 5.41) is 8.57. The van der Waals surface area contributed by atoms with Gasteiger partial charge < -0.3 is 15.0 Å². The number of carbonyl (C=O) groups is 1. The number of benzene rings is 1. The van der Waals surface area contributed by atoms with Gasteiger partial charge in [-0.1, -0.05) is 11.6 Å². The van der Waals surface area contributed by atoms with Gasteiger partial charge in [0, 0.05) is 11.6 Å². The van der Waals surface area contributed by atoms with Gasteiger partial charge >= 0.3 is 0 Å². The molecule has 1 amide bonds. The molecular weight excluding hydrogens is 433 g/mol. The number of hydrogen-bond donors (Lipinski definition) is 1. The van der Waals surface area contributed by atoms with Gasteiger partial charge in [-0.15, -0.1) is 0 Å². The fourth-order valence-electron chi connectivity index (χ4n) is 4.48. The number of ether oxygens (including phenoxy) is 1. The molecule has 1 fully saturated rings. The zero-order chi connectivity index (χ0) is 22.4. The summed E-state index contributed by atoms with van der Waals surface area (Å²) in [6.45, 7) is 6.30. The lowest BCUT2D eigenvalue weighted by atomic mass is 10.1. The van der Waals surface area contributed by atoms with Crippen LogP contribution in [0, 0.1) is 19.7 Å². The van der Waals surface area contributed by atoms with Gasteiger partial charge in [0.05, 0.1) is 40.8 Å². The highest BCUT2D eigenvalue weighted by Crippen LogP contribution is 2.32. The molecule has 5 rings (SSSR count). The molecule has 1 aromatic carbocycles. The number of aromatic nitrogens is 3. The van der Waals surface area contributed by atoms with Crippen molar-refractivity contribution in [1.82, 2.24) is 24.8 Å². The molecule has 1 saturated heterocycles. The lowest BCUT2D eigenvalue weighted by molar-refractivity contribution is 0.0741. The Morgan fingerprint density at radius 2 is 2.09 bits per heavy atom. The minimum atomic E-state index is -0.419. The summed E-state index contributed by atoms with van der Waals surface area (Å²) in [5.41, 5.74) is 4.37. The molecule has 0 aliphatic carbocycles. The predicted molar refractivity (Wildman–Crippen MR) is 119 cm³/mol. The van der Waals surface area contributed by atoms with Gasteiger partial charge in [0.15, 0.2) is 5.65 Å². The maximum absolute atomic E-state index is 14.0. The minimum Gasteiger partial charge on any atom is -0.489 e. The van der Waals surface area contributed by atoms with Crippen molar-refractivity contribution in [2.75, 3.05) is 13.1 Å². The molecule has 0 saturated carbocycles. The van der Waals surface area contributed by atoms with Gasteiger partial charge in [0.1, 0.15) is 17.7 Å². The van der Waals surface area contributed by atoms with Crippen molar-refractivity contribution >= 4 is 23.2 Å². The SMILES string of the molecule is Cc1nc2c3c(nn2c(C)c1Cl)CN(C(=O)c1ccc(F)cc1OC1CCCNCC1)C3. The molecular formula is C23H25ClFN5O2. The highest BCUT2D eigenvalue weighted by molar-refractivity contribution is 6.31. The van der Waals surface area contributed by atoms with Gasteiger partial charge in [-0.3, -0.25) is 4.79 Å². The molecule has 9 heteroatoms. The highest BCUT2D eigenvalue weighted by atomic mass is 35.5. The van der Waals surface area contributed by atoms with Crippen LogP contribution in [0.2, 0.25) is 5.02 Å². The average molecular weight is 458 g/mol. The second-order valence-corrected chi connectivity index (χ2v) is 8.86. The largest absolute Gasteiger partial charge is 0.489 e. The Kier molecular flexibility index (Phi) is 5.51. The Balaban J connectivity index is 1.42. The quantitative estimate of drug-likeness (QED) is 0.647. The van der Waals surface area contributed by atoms with Gasteiger partial charge in [0.25, 0.3) is 5.91 Å². The molecule has 2 aromatic heterocycles. The topological polar surface area (TPSA) is 71.8 Å². The number of amides is 1. The van der Waals surface area contributed by atoms with Crippen molar-refractivity contribution in [3.05, 3.63) is 57.2 Å². The van der Waals surface area contributed by atoms with Crippen LogP contribution in [-0.2, 0) is 13.1 Å². The lowest BCUT2D eigenvalue weighted by Gasteiger charge is -2.22. The Morgan fingerprint density at radius 1 is 1.25 bits per heavy atom. The Labute approximate surface area is 190 Å². The second kappa shape index (κ2) is 8.33. The van der Waals surface area contributed by atoms with E-state index in [0.29, 0.717) is 29.4 Å². The monoisotopic (exact) mass is 457 g/mol. The van der Waals surface area contributed by atoms with Crippen LogP contribution < -0.4 is 10.1 Å². The van der Waals surface area contributed by atoms with E-state index < -0.39 is 5.82 Å². The molecule has 7 nitrogen and oxygen atoms in total. The number of nitrogens with zero attached hydrogens (tertiary/aromatic N) is 4. The maximum atomic E-state index is 14.0. The molecule has 1 atom stereocenters. The molecule has 168 valence electrons. The van der Waals surface area contributed by atoms with E-state index in [4.69, 9.17) is 16.3 Å². The zero-order valence-corrected chi connectivity index (χ0v) is 18.9. The number of hydrogen-bond acceptors (Lipinski definition) is 5. The molecule has 0 bridgehead atoms. The van der Waals surface area contributed by atoms with Crippen LogP contribution in [0.5, 0.6) is 5.75 Å². The van der Waals surface area contributed by atoms with Gasteiger partial charge in [-0.05, 0) is 58.3 Å². The standard InChI is InChI=1S/C23H25ClFN5O2/c1-13-21(24)14(2)30-22(27-13)18-11-29(12-19(18)28-30)23(31)17-6-5-15(25)10-20(17)32-16-4-3-8-26-9-7-16/h5-6,10,16,26H,3-4,7-9,11-12H2,1-2H3. The second-order valence-electron chi connectivity index (χ2n) is 8.48. The fraction of sp³-hybridized carbons (Fsp3) is 0.435. The molecule has 1 N–H and O–H groups in total.